The van der Waals surface area contributed by atoms with Gasteiger partial charge in [-0.2, -0.15) is 4.31 Å². The number of hydrogen-bond donors (Lipinski definition) is 0. The molecule has 0 spiro atoms. The molecule has 1 saturated heterocycles. The summed E-state index contributed by atoms with van der Waals surface area (Å²) in [5.74, 6) is -1.82. The van der Waals surface area contributed by atoms with Gasteiger partial charge in [0.15, 0.2) is 0 Å². The molecule has 0 bridgehead atoms. The van der Waals surface area contributed by atoms with Gasteiger partial charge in [0, 0.05) is 36.8 Å². The van der Waals surface area contributed by atoms with Crippen LogP contribution >= 0.6 is 0 Å². The summed E-state index contributed by atoms with van der Waals surface area (Å²) in [6.45, 7) is 6.52. The summed E-state index contributed by atoms with van der Waals surface area (Å²) in [7, 11) is -3.68. The number of nitrogens with zero attached hydrogens (tertiary/aromatic N) is 2. The first-order valence-electron chi connectivity index (χ1n) is 12.3. The van der Waals surface area contributed by atoms with Crippen LogP contribution < -0.4 is 0 Å². The van der Waals surface area contributed by atoms with Crippen molar-refractivity contribution in [3.05, 3.63) is 76.4 Å². The molecular weight excluding hydrogens is 486 g/mol. The number of esters is 1. The van der Waals surface area contributed by atoms with Gasteiger partial charge >= 0.3 is 5.97 Å². The maximum Gasteiger partial charge on any atom is 0.325 e. The molecule has 1 aromatic carbocycles. The highest BCUT2D eigenvalue weighted by Crippen LogP contribution is 2.38. The van der Waals surface area contributed by atoms with Gasteiger partial charge < -0.3 is 9.30 Å². The topological polar surface area (TPSA) is 68.6 Å². The van der Waals surface area contributed by atoms with E-state index in [9.17, 15) is 17.6 Å². The molecule has 0 N–H and O–H groups in total. The van der Waals surface area contributed by atoms with Gasteiger partial charge in [0.1, 0.15) is 18.5 Å². The molecule has 1 aromatic heterocycles. The fraction of sp³-hybridized carbons (Fsp3) is 0.444. The first-order chi connectivity index (χ1) is 17.1. The lowest BCUT2D eigenvalue weighted by Gasteiger charge is -2.22. The van der Waals surface area contributed by atoms with E-state index in [0.717, 1.165) is 30.2 Å². The Balaban J connectivity index is 1.82. The van der Waals surface area contributed by atoms with Crippen LogP contribution in [0.2, 0.25) is 0 Å². The van der Waals surface area contributed by atoms with E-state index in [0.29, 0.717) is 29.9 Å². The maximum absolute atomic E-state index is 15.1. The first kappa shape index (κ1) is 26.3. The van der Waals surface area contributed by atoms with Gasteiger partial charge in [0.2, 0.25) is 10.0 Å². The molecule has 2 aliphatic rings. The van der Waals surface area contributed by atoms with Crippen molar-refractivity contribution < 1.29 is 26.7 Å². The number of ether oxygens (including phenoxy) is 1. The van der Waals surface area contributed by atoms with Crippen molar-refractivity contribution in [1.82, 2.24) is 8.87 Å². The van der Waals surface area contributed by atoms with Crippen LogP contribution in [-0.2, 0) is 32.5 Å². The Bertz CT molecular complexity index is 1310. The molecule has 1 aliphatic heterocycles. The zero-order valence-corrected chi connectivity index (χ0v) is 21.7. The second-order valence-electron chi connectivity index (χ2n) is 9.23. The predicted octanol–water partition coefficient (Wildman–Crippen LogP) is 4.89. The van der Waals surface area contributed by atoms with E-state index in [4.69, 9.17) is 4.74 Å². The van der Waals surface area contributed by atoms with Crippen molar-refractivity contribution in [3.63, 3.8) is 0 Å². The van der Waals surface area contributed by atoms with E-state index < -0.39 is 33.9 Å². The van der Waals surface area contributed by atoms with Crippen molar-refractivity contribution in [1.29, 1.82) is 0 Å². The summed E-state index contributed by atoms with van der Waals surface area (Å²) >= 11 is 0. The molecule has 1 fully saturated rings. The third-order valence-electron chi connectivity index (χ3n) is 7.03. The number of halogens is 2. The molecule has 0 amide bonds. The number of sulfonamides is 1. The highest BCUT2D eigenvalue weighted by atomic mass is 32.2. The zero-order valence-electron chi connectivity index (χ0n) is 20.8. The Morgan fingerprint density at radius 2 is 1.83 bits per heavy atom. The minimum atomic E-state index is -3.68. The standard InChI is InChI=1S/C27H32F2N2O4S/c1-4-35-26(32)17-31-18(2)23(27(19(31)3)22-12-11-21(28)16-24(22)29)15-20-9-5-6-10-25(20)36(33,34)30-13-7-8-14-30/h5-6,9-12,16,22,24H,4,7-8,13-15,17H2,1-3H3. The van der Waals surface area contributed by atoms with Crippen molar-refractivity contribution in [3.8, 4) is 0 Å². The van der Waals surface area contributed by atoms with Gasteiger partial charge in [-0.15, -0.1) is 0 Å². The van der Waals surface area contributed by atoms with Gasteiger partial charge in [-0.1, -0.05) is 24.3 Å². The fourth-order valence-corrected chi connectivity index (χ4v) is 6.98. The minimum absolute atomic E-state index is 0.0518. The summed E-state index contributed by atoms with van der Waals surface area (Å²) in [6, 6.07) is 6.86. The van der Waals surface area contributed by atoms with E-state index in [-0.39, 0.29) is 24.5 Å². The van der Waals surface area contributed by atoms with E-state index in [1.165, 1.54) is 16.5 Å². The SMILES string of the molecule is CCOC(=O)Cn1c(C)c(Cc2ccccc2S(=O)(=O)N2CCCC2)c(C2C=CC(F)=CC2F)c1C. The third-order valence-corrected chi connectivity index (χ3v) is 9.03. The molecule has 36 heavy (non-hydrogen) atoms. The zero-order chi connectivity index (χ0) is 26.0. The number of aromatic nitrogens is 1. The molecule has 4 rings (SSSR count). The van der Waals surface area contributed by atoms with Gasteiger partial charge in [-0.25, -0.2) is 17.2 Å². The molecule has 2 heterocycles. The number of hydrogen-bond acceptors (Lipinski definition) is 4. The molecule has 6 nitrogen and oxygen atoms in total. The van der Waals surface area contributed by atoms with Crippen molar-refractivity contribution in [2.45, 2.75) is 63.6 Å². The molecule has 1 aliphatic carbocycles. The minimum Gasteiger partial charge on any atom is -0.465 e. The first-order valence-corrected chi connectivity index (χ1v) is 13.7. The Morgan fingerprint density at radius 3 is 2.50 bits per heavy atom. The van der Waals surface area contributed by atoms with Crippen LogP contribution in [0.25, 0.3) is 0 Å². The second kappa shape index (κ2) is 10.7. The van der Waals surface area contributed by atoms with Crippen LogP contribution in [0.3, 0.4) is 0 Å². The van der Waals surface area contributed by atoms with E-state index >= 15 is 4.39 Å². The summed E-state index contributed by atoms with van der Waals surface area (Å²) in [5.41, 5.74) is 3.36. The van der Waals surface area contributed by atoms with Crippen molar-refractivity contribution in [2.24, 2.45) is 0 Å². The summed E-state index contributed by atoms with van der Waals surface area (Å²) < 4.78 is 64.1. The van der Waals surface area contributed by atoms with E-state index in [2.05, 4.69) is 0 Å². The average Bonchev–Trinajstić information content (AvgIpc) is 3.45. The number of carbonyl (C=O) groups excluding carboxylic acids is 1. The smallest absolute Gasteiger partial charge is 0.325 e. The van der Waals surface area contributed by atoms with E-state index in [1.54, 1.807) is 42.7 Å². The Hall–Kier alpha value is -2.78. The van der Waals surface area contributed by atoms with Crippen molar-refractivity contribution in [2.75, 3.05) is 19.7 Å². The Morgan fingerprint density at radius 1 is 1.14 bits per heavy atom. The van der Waals surface area contributed by atoms with Crippen LogP contribution in [0, 0.1) is 13.8 Å². The maximum atomic E-state index is 15.1. The lowest BCUT2D eigenvalue weighted by Crippen LogP contribution is -2.28. The Kier molecular flexibility index (Phi) is 7.80. The number of alkyl halides is 1. The van der Waals surface area contributed by atoms with Crippen LogP contribution in [0.4, 0.5) is 8.78 Å². The summed E-state index contributed by atoms with van der Waals surface area (Å²) in [4.78, 5) is 12.6. The third kappa shape index (κ3) is 5.04. The molecule has 0 saturated carbocycles. The molecule has 2 atom stereocenters. The lowest BCUT2D eigenvalue weighted by molar-refractivity contribution is -0.143. The fourth-order valence-electron chi connectivity index (χ4n) is 5.24. The molecule has 2 aromatic rings. The highest BCUT2D eigenvalue weighted by Gasteiger charge is 2.33. The number of allylic oxidation sites excluding steroid dienone is 4. The second-order valence-corrected chi connectivity index (χ2v) is 11.1. The quantitative estimate of drug-likeness (QED) is 0.467. The molecular formula is C27H32F2N2O4S. The van der Waals surface area contributed by atoms with E-state index in [1.807, 2.05) is 6.92 Å². The van der Waals surface area contributed by atoms with Gasteiger partial charge in [0.05, 0.1) is 11.5 Å². The van der Waals surface area contributed by atoms with Gasteiger partial charge in [-0.3, -0.25) is 4.79 Å². The van der Waals surface area contributed by atoms with Gasteiger partial charge in [0.25, 0.3) is 0 Å². The summed E-state index contributed by atoms with van der Waals surface area (Å²) in [6.07, 6.45) is 3.98. The van der Waals surface area contributed by atoms with Crippen LogP contribution in [0.1, 0.15) is 53.8 Å². The van der Waals surface area contributed by atoms with Gasteiger partial charge in [-0.05, 0) is 68.5 Å². The highest BCUT2D eigenvalue weighted by molar-refractivity contribution is 7.89. The largest absolute Gasteiger partial charge is 0.465 e. The molecule has 9 heteroatoms. The normalized spacial score (nSPS) is 20.5. The number of carbonyl (C=O) groups is 1. The predicted molar refractivity (Wildman–Crippen MR) is 134 cm³/mol. The lowest BCUT2D eigenvalue weighted by atomic mass is 9.86. The van der Waals surface area contributed by atoms with Crippen molar-refractivity contribution >= 4 is 16.0 Å². The summed E-state index contributed by atoms with van der Waals surface area (Å²) in [5, 5.41) is 0. The molecule has 0 radical (unpaired) electrons. The Labute approximate surface area is 211 Å². The number of rotatable bonds is 8. The molecule has 194 valence electrons. The number of benzene rings is 1. The molecule has 2 unspecified atom stereocenters. The average molecular weight is 519 g/mol. The van der Waals surface area contributed by atoms with Crippen LogP contribution in [0.5, 0.6) is 0 Å². The van der Waals surface area contributed by atoms with Crippen LogP contribution in [-0.4, -0.2) is 49.1 Å². The monoisotopic (exact) mass is 518 g/mol. The van der Waals surface area contributed by atoms with Crippen LogP contribution in [0.15, 0.2) is 53.2 Å².